The van der Waals surface area contributed by atoms with E-state index in [0.29, 0.717) is 34.9 Å². The van der Waals surface area contributed by atoms with E-state index in [9.17, 15) is 17.6 Å². The highest BCUT2D eigenvalue weighted by Gasteiger charge is 2.07. The molecule has 0 aromatic heterocycles. The molecule has 0 saturated heterocycles. The number of carbonyl (C=O) groups is 1. The second-order valence-corrected chi connectivity index (χ2v) is 8.21. The molecule has 0 aliphatic rings. The zero-order valence-corrected chi connectivity index (χ0v) is 15.3. The van der Waals surface area contributed by atoms with Crippen molar-refractivity contribution < 1.29 is 17.6 Å². The number of halogens is 1. The first-order valence-electron chi connectivity index (χ1n) is 7.52. The van der Waals surface area contributed by atoms with E-state index in [1.807, 2.05) is 0 Å². The van der Waals surface area contributed by atoms with Gasteiger partial charge in [-0.3, -0.25) is 9.52 Å². The number of hydrogen-bond donors (Lipinski definition) is 2. The van der Waals surface area contributed by atoms with Gasteiger partial charge >= 0.3 is 0 Å². The van der Waals surface area contributed by atoms with Gasteiger partial charge in [0.05, 0.1) is 6.26 Å². The summed E-state index contributed by atoms with van der Waals surface area (Å²) in [5.74, 6) is 0.751. The van der Waals surface area contributed by atoms with Crippen LogP contribution in [0.3, 0.4) is 0 Å². The number of benzene rings is 2. The molecule has 0 radical (unpaired) electrons. The SMILES string of the molecule is CS(=O)(=O)Nc1ccc(C(=O)NCCSCc2ccccc2F)cc1. The Morgan fingerprint density at radius 1 is 1.12 bits per heavy atom. The lowest BCUT2D eigenvalue weighted by Gasteiger charge is -2.07. The molecule has 0 unspecified atom stereocenters. The first kappa shape index (κ1) is 19.3. The molecular weight excluding hydrogens is 363 g/mol. The Morgan fingerprint density at radius 2 is 1.80 bits per heavy atom. The molecule has 0 saturated carbocycles. The molecule has 1 amide bonds. The van der Waals surface area contributed by atoms with Crippen LogP contribution in [0, 0.1) is 5.82 Å². The second-order valence-electron chi connectivity index (χ2n) is 5.35. The van der Waals surface area contributed by atoms with Crippen molar-refractivity contribution in [2.75, 3.05) is 23.3 Å². The minimum Gasteiger partial charge on any atom is -0.351 e. The summed E-state index contributed by atoms with van der Waals surface area (Å²) in [5.41, 5.74) is 1.49. The fourth-order valence-corrected chi connectivity index (χ4v) is 3.45. The van der Waals surface area contributed by atoms with Crippen LogP contribution in [0.15, 0.2) is 48.5 Å². The van der Waals surface area contributed by atoms with Crippen molar-refractivity contribution in [3.8, 4) is 0 Å². The van der Waals surface area contributed by atoms with Gasteiger partial charge in [0, 0.05) is 29.3 Å². The lowest BCUT2D eigenvalue weighted by molar-refractivity contribution is 0.0956. The Kier molecular flexibility index (Phi) is 6.83. The Morgan fingerprint density at radius 3 is 2.44 bits per heavy atom. The molecule has 0 spiro atoms. The van der Waals surface area contributed by atoms with Gasteiger partial charge in [-0.25, -0.2) is 12.8 Å². The lowest BCUT2D eigenvalue weighted by Crippen LogP contribution is -2.25. The van der Waals surface area contributed by atoms with Gasteiger partial charge in [0.1, 0.15) is 5.82 Å². The van der Waals surface area contributed by atoms with Gasteiger partial charge in [-0.05, 0) is 35.9 Å². The average Bonchev–Trinajstić information content (AvgIpc) is 2.55. The van der Waals surface area contributed by atoms with Crippen molar-refractivity contribution in [2.45, 2.75) is 5.75 Å². The summed E-state index contributed by atoms with van der Waals surface area (Å²) in [6, 6.07) is 12.8. The highest BCUT2D eigenvalue weighted by molar-refractivity contribution is 7.98. The number of nitrogens with one attached hydrogen (secondary N) is 2. The maximum absolute atomic E-state index is 13.5. The fraction of sp³-hybridized carbons (Fsp3) is 0.235. The molecule has 2 rings (SSSR count). The Hall–Kier alpha value is -2.06. The van der Waals surface area contributed by atoms with Gasteiger partial charge in [-0.15, -0.1) is 0 Å². The molecule has 2 aromatic carbocycles. The molecule has 8 heteroatoms. The predicted octanol–water partition coefficient (Wildman–Crippen LogP) is 2.86. The van der Waals surface area contributed by atoms with Gasteiger partial charge in [0.15, 0.2) is 0 Å². The zero-order chi connectivity index (χ0) is 18.3. The third kappa shape index (κ3) is 6.75. The monoisotopic (exact) mass is 382 g/mol. The van der Waals surface area contributed by atoms with Gasteiger partial charge in [0.2, 0.25) is 10.0 Å². The molecule has 0 aliphatic carbocycles. The van der Waals surface area contributed by atoms with E-state index in [4.69, 9.17) is 0 Å². The van der Waals surface area contributed by atoms with Crippen LogP contribution in [0.2, 0.25) is 0 Å². The second kappa shape index (κ2) is 8.87. The first-order valence-corrected chi connectivity index (χ1v) is 10.6. The van der Waals surface area contributed by atoms with Crippen molar-refractivity contribution in [2.24, 2.45) is 0 Å². The van der Waals surface area contributed by atoms with E-state index in [0.717, 1.165) is 6.26 Å². The molecule has 5 nitrogen and oxygen atoms in total. The van der Waals surface area contributed by atoms with E-state index in [2.05, 4.69) is 10.0 Å². The van der Waals surface area contributed by atoms with E-state index in [1.165, 1.54) is 30.0 Å². The van der Waals surface area contributed by atoms with Crippen molar-refractivity contribution in [1.82, 2.24) is 5.32 Å². The smallest absolute Gasteiger partial charge is 0.251 e. The standard InChI is InChI=1S/C17H19FN2O3S2/c1-25(22,23)20-15-8-6-13(7-9-15)17(21)19-10-11-24-12-14-4-2-3-5-16(14)18/h2-9,20H,10-12H2,1H3,(H,19,21). The number of amides is 1. The Bertz CT molecular complexity index is 824. The summed E-state index contributed by atoms with van der Waals surface area (Å²) in [7, 11) is -3.34. The van der Waals surface area contributed by atoms with Gasteiger partial charge < -0.3 is 5.32 Å². The van der Waals surface area contributed by atoms with Crippen molar-refractivity contribution in [3.05, 3.63) is 65.5 Å². The predicted molar refractivity (Wildman–Crippen MR) is 99.8 cm³/mol. The summed E-state index contributed by atoms with van der Waals surface area (Å²) in [4.78, 5) is 12.0. The van der Waals surface area contributed by atoms with Crippen LogP contribution in [0.1, 0.15) is 15.9 Å². The summed E-state index contributed by atoms with van der Waals surface area (Å²) >= 11 is 1.54. The number of thioether (sulfide) groups is 1. The lowest BCUT2D eigenvalue weighted by atomic mass is 10.2. The minimum absolute atomic E-state index is 0.221. The molecule has 0 heterocycles. The van der Waals surface area contributed by atoms with Gasteiger partial charge in [0.25, 0.3) is 5.91 Å². The topological polar surface area (TPSA) is 75.3 Å². The van der Waals surface area contributed by atoms with Gasteiger partial charge in [-0.1, -0.05) is 18.2 Å². The summed E-state index contributed by atoms with van der Waals surface area (Å²) in [6.07, 6.45) is 1.06. The fourth-order valence-electron chi connectivity index (χ4n) is 2.04. The number of sulfonamides is 1. The molecule has 0 aliphatic heterocycles. The number of rotatable bonds is 8. The normalized spacial score (nSPS) is 11.1. The molecule has 0 fully saturated rings. The molecular formula is C17H19FN2O3S2. The Balaban J connectivity index is 1.74. The van der Waals surface area contributed by atoms with Crippen molar-refractivity contribution in [3.63, 3.8) is 0 Å². The maximum atomic E-state index is 13.5. The molecule has 0 atom stereocenters. The Labute approximate surface area is 151 Å². The quantitative estimate of drug-likeness (QED) is 0.689. The third-order valence-corrected chi connectivity index (χ3v) is 4.81. The molecule has 2 N–H and O–H groups in total. The zero-order valence-electron chi connectivity index (χ0n) is 13.7. The molecule has 2 aromatic rings. The van der Waals surface area contributed by atoms with Crippen LogP contribution in [-0.2, 0) is 15.8 Å². The number of anilines is 1. The van der Waals surface area contributed by atoms with Crippen LogP contribution >= 0.6 is 11.8 Å². The van der Waals surface area contributed by atoms with Crippen LogP contribution < -0.4 is 10.0 Å². The molecule has 25 heavy (non-hydrogen) atoms. The van der Waals surface area contributed by atoms with Crippen LogP contribution in [0.5, 0.6) is 0 Å². The third-order valence-electron chi connectivity index (χ3n) is 3.20. The summed E-state index contributed by atoms with van der Waals surface area (Å²) in [5, 5.41) is 2.78. The maximum Gasteiger partial charge on any atom is 0.251 e. The van der Waals surface area contributed by atoms with E-state index >= 15 is 0 Å². The van der Waals surface area contributed by atoms with Crippen LogP contribution in [0.25, 0.3) is 0 Å². The summed E-state index contributed by atoms with van der Waals surface area (Å²) in [6.45, 7) is 0.460. The minimum atomic E-state index is -3.34. The molecule has 134 valence electrons. The average molecular weight is 382 g/mol. The van der Waals surface area contributed by atoms with E-state index in [1.54, 1.807) is 30.3 Å². The van der Waals surface area contributed by atoms with E-state index < -0.39 is 10.0 Å². The summed E-state index contributed by atoms with van der Waals surface area (Å²) < 4.78 is 38.1. The number of carbonyl (C=O) groups excluding carboxylic acids is 1. The van der Waals surface area contributed by atoms with Gasteiger partial charge in [-0.2, -0.15) is 11.8 Å². The largest absolute Gasteiger partial charge is 0.351 e. The van der Waals surface area contributed by atoms with Crippen molar-refractivity contribution >= 4 is 33.4 Å². The van der Waals surface area contributed by atoms with Crippen molar-refractivity contribution in [1.29, 1.82) is 0 Å². The number of hydrogen-bond acceptors (Lipinski definition) is 4. The molecule has 0 bridgehead atoms. The van der Waals surface area contributed by atoms with E-state index in [-0.39, 0.29) is 11.7 Å². The highest BCUT2D eigenvalue weighted by Crippen LogP contribution is 2.15. The van der Waals surface area contributed by atoms with Crippen LogP contribution in [0.4, 0.5) is 10.1 Å². The highest BCUT2D eigenvalue weighted by atomic mass is 32.2. The van der Waals surface area contributed by atoms with Crippen LogP contribution in [-0.4, -0.2) is 32.9 Å². The first-order chi connectivity index (χ1) is 11.8.